The van der Waals surface area contributed by atoms with E-state index in [4.69, 9.17) is 4.52 Å². The Hall–Kier alpha value is -3.73. The maximum absolute atomic E-state index is 13.0. The third-order valence-electron chi connectivity index (χ3n) is 6.09. The van der Waals surface area contributed by atoms with Gasteiger partial charge in [0.2, 0.25) is 11.7 Å². The zero-order valence-corrected chi connectivity index (χ0v) is 18.1. The van der Waals surface area contributed by atoms with Crippen molar-refractivity contribution in [2.45, 2.75) is 25.7 Å². The number of amides is 1. The highest BCUT2D eigenvalue weighted by atomic mass is 16.5. The standard InChI is InChI=1S/C27H25N3O2/c1-19-6-5-9-24(18-19)25-28-26(32-29-25)22-14-16-30(17-15-22)27(31)23-12-10-21(11-13-23)20-7-3-2-4-8-20/h2-13,18,22H,14-17H2,1H3. The largest absolute Gasteiger partial charge is 0.339 e. The number of aromatic nitrogens is 2. The van der Waals surface area contributed by atoms with Gasteiger partial charge in [-0.3, -0.25) is 4.79 Å². The van der Waals surface area contributed by atoms with Crippen LogP contribution in [0, 0.1) is 6.92 Å². The van der Waals surface area contributed by atoms with Crippen LogP contribution in [-0.2, 0) is 0 Å². The van der Waals surface area contributed by atoms with Gasteiger partial charge >= 0.3 is 0 Å². The van der Waals surface area contributed by atoms with Gasteiger partial charge in [-0.2, -0.15) is 4.98 Å². The van der Waals surface area contributed by atoms with E-state index < -0.39 is 0 Å². The smallest absolute Gasteiger partial charge is 0.253 e. The second-order valence-corrected chi connectivity index (χ2v) is 8.34. The topological polar surface area (TPSA) is 59.2 Å². The van der Waals surface area contributed by atoms with Crippen LogP contribution in [0.2, 0.25) is 0 Å². The lowest BCUT2D eigenvalue weighted by Gasteiger charge is -2.30. The van der Waals surface area contributed by atoms with Crippen LogP contribution in [0.1, 0.15) is 40.6 Å². The number of nitrogens with zero attached hydrogens (tertiary/aromatic N) is 3. The Labute approximate surface area is 187 Å². The van der Waals surface area contributed by atoms with Gasteiger partial charge in [0, 0.05) is 30.1 Å². The van der Waals surface area contributed by atoms with E-state index in [2.05, 4.69) is 28.3 Å². The first-order valence-electron chi connectivity index (χ1n) is 11.0. The average Bonchev–Trinajstić information content (AvgIpc) is 3.35. The predicted octanol–water partition coefficient (Wildman–Crippen LogP) is 5.73. The van der Waals surface area contributed by atoms with Crippen LogP contribution in [0.4, 0.5) is 0 Å². The monoisotopic (exact) mass is 423 g/mol. The number of rotatable bonds is 4. The van der Waals surface area contributed by atoms with Crippen LogP contribution in [0.15, 0.2) is 83.4 Å². The van der Waals surface area contributed by atoms with E-state index in [-0.39, 0.29) is 11.8 Å². The number of piperidine rings is 1. The highest BCUT2D eigenvalue weighted by molar-refractivity contribution is 5.94. The number of carbonyl (C=O) groups excluding carboxylic acids is 1. The van der Waals surface area contributed by atoms with Gasteiger partial charge in [-0.25, -0.2) is 0 Å². The zero-order chi connectivity index (χ0) is 21.9. The summed E-state index contributed by atoms with van der Waals surface area (Å²) in [5.41, 5.74) is 5.12. The first-order valence-corrected chi connectivity index (χ1v) is 11.0. The molecule has 1 amide bonds. The third kappa shape index (κ3) is 4.19. The zero-order valence-electron chi connectivity index (χ0n) is 18.1. The fraction of sp³-hybridized carbons (Fsp3) is 0.222. The summed E-state index contributed by atoms with van der Waals surface area (Å²) in [6.45, 7) is 3.42. The molecule has 2 heterocycles. The highest BCUT2D eigenvalue weighted by Gasteiger charge is 2.28. The van der Waals surface area contributed by atoms with E-state index in [1.165, 1.54) is 0 Å². The van der Waals surface area contributed by atoms with E-state index in [1.807, 2.05) is 72.5 Å². The highest BCUT2D eigenvalue weighted by Crippen LogP contribution is 2.29. The molecule has 5 rings (SSSR count). The molecule has 0 spiro atoms. The first kappa shape index (κ1) is 20.2. The van der Waals surface area contributed by atoms with Gasteiger partial charge in [0.15, 0.2) is 0 Å². The molecule has 1 aromatic heterocycles. The van der Waals surface area contributed by atoms with Crippen molar-refractivity contribution in [1.82, 2.24) is 15.0 Å². The molecule has 3 aromatic carbocycles. The van der Waals surface area contributed by atoms with Crippen molar-refractivity contribution in [3.05, 3.63) is 95.9 Å². The summed E-state index contributed by atoms with van der Waals surface area (Å²) in [6.07, 6.45) is 1.65. The predicted molar refractivity (Wildman–Crippen MR) is 124 cm³/mol. The van der Waals surface area contributed by atoms with Crippen LogP contribution < -0.4 is 0 Å². The molecule has 0 bridgehead atoms. The number of benzene rings is 3. The molecule has 0 saturated carbocycles. The molecule has 0 aliphatic carbocycles. The summed E-state index contributed by atoms with van der Waals surface area (Å²) < 4.78 is 5.57. The van der Waals surface area contributed by atoms with Gasteiger partial charge in [-0.1, -0.05) is 71.4 Å². The van der Waals surface area contributed by atoms with Crippen molar-refractivity contribution >= 4 is 5.91 Å². The molecule has 0 radical (unpaired) electrons. The van der Waals surface area contributed by atoms with E-state index in [1.54, 1.807) is 0 Å². The second kappa shape index (κ2) is 8.79. The summed E-state index contributed by atoms with van der Waals surface area (Å²) >= 11 is 0. The number of hydrogen-bond donors (Lipinski definition) is 0. The van der Waals surface area contributed by atoms with Gasteiger partial charge in [-0.05, 0) is 49.1 Å². The van der Waals surface area contributed by atoms with E-state index in [0.29, 0.717) is 24.8 Å². The molecule has 1 aliphatic rings. The molecule has 5 nitrogen and oxygen atoms in total. The maximum atomic E-state index is 13.0. The normalized spacial score (nSPS) is 14.5. The van der Waals surface area contributed by atoms with Crippen LogP contribution in [0.5, 0.6) is 0 Å². The van der Waals surface area contributed by atoms with E-state index >= 15 is 0 Å². The van der Waals surface area contributed by atoms with Gasteiger partial charge in [0.25, 0.3) is 5.91 Å². The van der Waals surface area contributed by atoms with Crippen LogP contribution >= 0.6 is 0 Å². The second-order valence-electron chi connectivity index (χ2n) is 8.34. The number of hydrogen-bond acceptors (Lipinski definition) is 4. The molecule has 4 aromatic rings. The molecule has 1 aliphatic heterocycles. The molecule has 1 fully saturated rings. The van der Waals surface area contributed by atoms with Crippen molar-refractivity contribution in [1.29, 1.82) is 0 Å². The van der Waals surface area contributed by atoms with Crippen LogP contribution in [-0.4, -0.2) is 34.0 Å². The minimum atomic E-state index is 0.0778. The lowest BCUT2D eigenvalue weighted by atomic mass is 9.96. The van der Waals surface area contributed by atoms with Crippen molar-refractivity contribution in [3.63, 3.8) is 0 Å². The molecular formula is C27H25N3O2. The minimum Gasteiger partial charge on any atom is -0.339 e. The fourth-order valence-corrected chi connectivity index (χ4v) is 4.25. The Morgan fingerprint density at radius 1 is 0.875 bits per heavy atom. The lowest BCUT2D eigenvalue weighted by Crippen LogP contribution is -2.38. The molecule has 32 heavy (non-hydrogen) atoms. The summed E-state index contributed by atoms with van der Waals surface area (Å²) in [6, 6.07) is 26.1. The SMILES string of the molecule is Cc1cccc(-c2noc(C3CCN(C(=O)c4ccc(-c5ccccc5)cc4)CC3)n2)c1. The van der Waals surface area contributed by atoms with E-state index in [9.17, 15) is 4.79 Å². The summed E-state index contributed by atoms with van der Waals surface area (Å²) in [7, 11) is 0. The number of carbonyl (C=O) groups is 1. The van der Waals surface area contributed by atoms with Gasteiger partial charge in [0.05, 0.1) is 0 Å². The molecule has 0 atom stereocenters. The molecule has 1 saturated heterocycles. The van der Waals surface area contributed by atoms with Crippen molar-refractivity contribution in [3.8, 4) is 22.5 Å². The van der Waals surface area contributed by atoms with Crippen molar-refractivity contribution < 1.29 is 9.32 Å². The maximum Gasteiger partial charge on any atom is 0.253 e. The Morgan fingerprint density at radius 2 is 1.56 bits per heavy atom. The van der Waals surface area contributed by atoms with Crippen molar-refractivity contribution in [2.75, 3.05) is 13.1 Å². The van der Waals surface area contributed by atoms with Crippen LogP contribution in [0.3, 0.4) is 0 Å². The minimum absolute atomic E-state index is 0.0778. The first-order chi connectivity index (χ1) is 15.7. The molecule has 160 valence electrons. The summed E-state index contributed by atoms with van der Waals surface area (Å²) in [5.74, 6) is 1.56. The van der Waals surface area contributed by atoms with Gasteiger partial charge in [0.1, 0.15) is 0 Å². The van der Waals surface area contributed by atoms with Gasteiger partial charge in [-0.15, -0.1) is 0 Å². The number of likely N-dealkylation sites (tertiary alicyclic amines) is 1. The summed E-state index contributed by atoms with van der Waals surface area (Å²) in [4.78, 5) is 19.5. The van der Waals surface area contributed by atoms with Crippen LogP contribution in [0.25, 0.3) is 22.5 Å². The fourth-order valence-electron chi connectivity index (χ4n) is 4.25. The molecule has 0 unspecified atom stereocenters. The Kier molecular flexibility index (Phi) is 5.55. The lowest BCUT2D eigenvalue weighted by molar-refractivity contribution is 0.0704. The quantitative estimate of drug-likeness (QED) is 0.420. The molecular weight excluding hydrogens is 398 g/mol. The third-order valence-corrected chi connectivity index (χ3v) is 6.09. The average molecular weight is 424 g/mol. The molecule has 0 N–H and O–H groups in total. The number of aryl methyl sites for hydroxylation is 1. The Morgan fingerprint density at radius 3 is 2.28 bits per heavy atom. The Balaban J connectivity index is 1.22. The van der Waals surface area contributed by atoms with Crippen molar-refractivity contribution in [2.24, 2.45) is 0 Å². The molecule has 5 heteroatoms. The summed E-state index contributed by atoms with van der Waals surface area (Å²) in [5, 5.41) is 4.17. The Bertz CT molecular complexity index is 1210. The van der Waals surface area contributed by atoms with Gasteiger partial charge < -0.3 is 9.42 Å². The van der Waals surface area contributed by atoms with E-state index in [0.717, 1.165) is 40.7 Å².